The highest BCUT2D eigenvalue weighted by atomic mass is 16.1. The third-order valence-corrected chi connectivity index (χ3v) is 7.49. The lowest BCUT2D eigenvalue weighted by atomic mass is 9.70. The molecule has 2 rings (SSSR count). The number of Topliss-reactive ketones (excluding diaryl/α,β-unsaturated/α-hetero) is 3. The van der Waals surface area contributed by atoms with Gasteiger partial charge in [-0.2, -0.15) is 0 Å². The maximum atomic E-state index is 13.5. The molecule has 36 heavy (non-hydrogen) atoms. The average molecular weight is 499 g/mol. The molecule has 204 valence electrons. The van der Waals surface area contributed by atoms with Crippen LogP contribution in [-0.2, 0) is 22.4 Å². The van der Waals surface area contributed by atoms with E-state index in [1.165, 1.54) is 42.9 Å². The van der Waals surface area contributed by atoms with Gasteiger partial charge in [-0.3, -0.25) is 14.4 Å². The maximum Gasteiger partial charge on any atom is 0.163 e. The zero-order valence-electron chi connectivity index (χ0n) is 24.7. The van der Waals surface area contributed by atoms with E-state index in [0.717, 1.165) is 50.5 Å². The van der Waals surface area contributed by atoms with Crippen LogP contribution in [0, 0.1) is 17.8 Å². The third-order valence-electron chi connectivity index (χ3n) is 7.49. The number of benzene rings is 1. The van der Waals surface area contributed by atoms with Gasteiger partial charge in [-0.15, -0.1) is 0 Å². The molecule has 0 radical (unpaired) electrons. The van der Waals surface area contributed by atoms with Crippen LogP contribution in [0.15, 0.2) is 12.1 Å². The number of rotatable bonds is 14. The van der Waals surface area contributed by atoms with Gasteiger partial charge in [0.15, 0.2) is 5.78 Å². The van der Waals surface area contributed by atoms with E-state index >= 15 is 0 Å². The van der Waals surface area contributed by atoms with Gasteiger partial charge in [-0.1, -0.05) is 92.7 Å². The molecule has 0 saturated carbocycles. The SMILES string of the molecule is CCC.CCCCCc1ccc(C(C)C)c2c1C(=O)CC(CC(CCC)C(CC)C(=O)CC(C)=O)C2. The van der Waals surface area contributed by atoms with Crippen LogP contribution in [0.25, 0.3) is 0 Å². The Morgan fingerprint density at radius 3 is 2.17 bits per heavy atom. The van der Waals surface area contributed by atoms with Crippen molar-refractivity contribution in [2.45, 2.75) is 138 Å². The lowest BCUT2D eigenvalue weighted by Gasteiger charge is -2.33. The van der Waals surface area contributed by atoms with Gasteiger partial charge >= 0.3 is 0 Å². The number of hydrogen-bond acceptors (Lipinski definition) is 3. The standard InChI is InChI=1S/C30H46O3.C3H8/c1-7-10-11-13-23-14-15-26(20(4)5)27-18-22(19-29(33)30(23)27)17-24(12-8-2)25(9-3)28(32)16-21(6)31;1-3-2/h14-15,20,22,24-25H,7-13,16-19H2,1-6H3;3H2,1-2H3. The van der Waals surface area contributed by atoms with Crippen LogP contribution < -0.4 is 0 Å². The van der Waals surface area contributed by atoms with E-state index in [9.17, 15) is 14.4 Å². The second kappa shape index (κ2) is 16.9. The third kappa shape index (κ3) is 9.60. The zero-order chi connectivity index (χ0) is 27.3. The molecule has 3 heteroatoms. The molecule has 1 aliphatic rings. The maximum absolute atomic E-state index is 13.5. The molecule has 0 aromatic heterocycles. The molecule has 0 heterocycles. The predicted molar refractivity (Wildman–Crippen MR) is 153 cm³/mol. The molecule has 1 aromatic rings. The summed E-state index contributed by atoms with van der Waals surface area (Å²) in [7, 11) is 0. The minimum absolute atomic E-state index is 0.0454. The van der Waals surface area contributed by atoms with Crippen LogP contribution >= 0.6 is 0 Å². The van der Waals surface area contributed by atoms with Crippen molar-refractivity contribution in [1.29, 1.82) is 0 Å². The summed E-state index contributed by atoms with van der Waals surface area (Å²) < 4.78 is 0. The summed E-state index contributed by atoms with van der Waals surface area (Å²) in [5, 5.41) is 0. The number of carbonyl (C=O) groups excluding carboxylic acids is 3. The van der Waals surface area contributed by atoms with Crippen LogP contribution in [-0.4, -0.2) is 17.3 Å². The molecule has 0 saturated heterocycles. The highest BCUT2D eigenvalue weighted by molar-refractivity contribution is 6.01. The number of aryl methyl sites for hydroxylation is 1. The fraction of sp³-hybridized carbons (Fsp3) is 0.727. The van der Waals surface area contributed by atoms with Gasteiger partial charge in [0.05, 0.1) is 6.42 Å². The molecule has 3 unspecified atom stereocenters. The van der Waals surface area contributed by atoms with Gasteiger partial charge in [0.1, 0.15) is 11.6 Å². The number of carbonyl (C=O) groups is 3. The van der Waals surface area contributed by atoms with Crippen LogP contribution in [0.3, 0.4) is 0 Å². The highest BCUT2D eigenvalue weighted by Crippen LogP contribution is 2.39. The van der Waals surface area contributed by atoms with Gasteiger partial charge in [0.25, 0.3) is 0 Å². The molecule has 0 spiro atoms. The van der Waals surface area contributed by atoms with Crippen LogP contribution in [0.4, 0.5) is 0 Å². The van der Waals surface area contributed by atoms with Gasteiger partial charge in [-0.05, 0) is 73.5 Å². The summed E-state index contributed by atoms with van der Waals surface area (Å²) in [6.45, 7) is 16.6. The Labute approximate surface area is 222 Å². The lowest BCUT2D eigenvalue weighted by molar-refractivity contribution is -0.129. The second-order valence-electron chi connectivity index (χ2n) is 11.3. The Hall–Kier alpha value is -1.77. The van der Waals surface area contributed by atoms with E-state index in [1.807, 2.05) is 0 Å². The summed E-state index contributed by atoms with van der Waals surface area (Å²) >= 11 is 0. The molecule has 0 fully saturated rings. The first kappa shape index (κ1) is 32.3. The molecule has 0 amide bonds. The second-order valence-corrected chi connectivity index (χ2v) is 11.3. The van der Waals surface area contributed by atoms with Crippen molar-refractivity contribution in [3.63, 3.8) is 0 Å². The first-order valence-corrected chi connectivity index (χ1v) is 14.8. The fourth-order valence-electron chi connectivity index (χ4n) is 5.97. The van der Waals surface area contributed by atoms with Crippen molar-refractivity contribution >= 4 is 17.3 Å². The number of unbranched alkanes of at least 4 members (excludes halogenated alkanes) is 2. The molecule has 3 atom stereocenters. The first-order valence-electron chi connectivity index (χ1n) is 14.8. The molecule has 0 N–H and O–H groups in total. The summed E-state index contributed by atoms with van der Waals surface area (Å²) in [5.74, 6) is 1.19. The summed E-state index contributed by atoms with van der Waals surface area (Å²) in [6.07, 6.45) is 11.0. The molecule has 1 aromatic carbocycles. The van der Waals surface area contributed by atoms with E-state index in [2.05, 4.69) is 60.6 Å². The molecule has 0 bridgehead atoms. The van der Waals surface area contributed by atoms with E-state index in [1.54, 1.807) is 0 Å². The normalized spacial score (nSPS) is 16.7. The minimum Gasteiger partial charge on any atom is -0.300 e. The molecule has 1 aliphatic carbocycles. The summed E-state index contributed by atoms with van der Waals surface area (Å²) in [6, 6.07) is 4.46. The Bertz CT molecular complexity index is 836. The monoisotopic (exact) mass is 498 g/mol. The van der Waals surface area contributed by atoms with Gasteiger partial charge in [0, 0.05) is 17.9 Å². The predicted octanol–water partition coefficient (Wildman–Crippen LogP) is 9.08. The minimum atomic E-state index is -0.0738. The van der Waals surface area contributed by atoms with Crippen LogP contribution in [0.1, 0.15) is 153 Å². The summed E-state index contributed by atoms with van der Waals surface area (Å²) in [4.78, 5) is 37.9. The van der Waals surface area contributed by atoms with Crippen molar-refractivity contribution in [2.24, 2.45) is 17.8 Å². The topological polar surface area (TPSA) is 51.2 Å². The number of fused-ring (bicyclic) bond motifs is 1. The van der Waals surface area contributed by atoms with E-state index < -0.39 is 0 Å². The fourth-order valence-corrected chi connectivity index (χ4v) is 5.97. The quantitative estimate of drug-likeness (QED) is 0.190. The first-order chi connectivity index (χ1) is 17.1. The van der Waals surface area contributed by atoms with Crippen molar-refractivity contribution < 1.29 is 14.4 Å². The van der Waals surface area contributed by atoms with Gasteiger partial charge in [-0.25, -0.2) is 0 Å². The Balaban J connectivity index is 0.00000205. The smallest absolute Gasteiger partial charge is 0.163 e. The molecular formula is C33H54O3. The Morgan fingerprint density at radius 1 is 0.972 bits per heavy atom. The van der Waals surface area contributed by atoms with Crippen molar-refractivity contribution in [3.05, 3.63) is 34.4 Å². The van der Waals surface area contributed by atoms with E-state index in [0.29, 0.717) is 18.1 Å². The van der Waals surface area contributed by atoms with Gasteiger partial charge < -0.3 is 0 Å². The van der Waals surface area contributed by atoms with Crippen molar-refractivity contribution in [2.75, 3.05) is 0 Å². The lowest BCUT2D eigenvalue weighted by Crippen LogP contribution is -2.30. The molecular weight excluding hydrogens is 444 g/mol. The Morgan fingerprint density at radius 2 is 1.64 bits per heavy atom. The Kier molecular flexibility index (Phi) is 15.1. The van der Waals surface area contributed by atoms with Crippen LogP contribution in [0.5, 0.6) is 0 Å². The number of hydrogen-bond donors (Lipinski definition) is 0. The van der Waals surface area contributed by atoms with Crippen LogP contribution in [0.2, 0.25) is 0 Å². The number of ketones is 3. The average Bonchev–Trinajstić information content (AvgIpc) is 2.79. The van der Waals surface area contributed by atoms with Gasteiger partial charge in [0.2, 0.25) is 0 Å². The highest BCUT2D eigenvalue weighted by Gasteiger charge is 2.34. The largest absolute Gasteiger partial charge is 0.300 e. The van der Waals surface area contributed by atoms with E-state index in [-0.39, 0.29) is 35.7 Å². The molecule has 3 nitrogen and oxygen atoms in total. The van der Waals surface area contributed by atoms with Crippen molar-refractivity contribution in [1.82, 2.24) is 0 Å². The van der Waals surface area contributed by atoms with E-state index in [4.69, 9.17) is 0 Å². The van der Waals surface area contributed by atoms with Crippen molar-refractivity contribution in [3.8, 4) is 0 Å². The zero-order valence-corrected chi connectivity index (χ0v) is 24.7. The molecule has 0 aliphatic heterocycles. The summed E-state index contributed by atoms with van der Waals surface area (Å²) in [5.41, 5.74) is 4.84.